The molecule has 0 aromatic carbocycles. The lowest BCUT2D eigenvalue weighted by Crippen LogP contribution is -2.44. The maximum Gasteiger partial charge on any atom is 0.237 e. The highest BCUT2D eigenvalue weighted by Gasteiger charge is 2.16. The van der Waals surface area contributed by atoms with Crippen LogP contribution >= 0.6 is 12.4 Å². The van der Waals surface area contributed by atoms with E-state index < -0.39 is 6.04 Å². The second-order valence-electron chi connectivity index (χ2n) is 4.05. The zero-order valence-electron chi connectivity index (χ0n) is 10.3. The Labute approximate surface area is 107 Å². The topological polar surface area (TPSA) is 94.0 Å². The predicted molar refractivity (Wildman–Crippen MR) is 65.8 cm³/mol. The lowest BCUT2D eigenvalue weighted by atomic mass is 10.1. The molecule has 0 aliphatic rings. The molecule has 98 valence electrons. The number of nitrogens with one attached hydrogen (secondary N) is 1. The molecule has 0 aliphatic carbocycles. The van der Waals surface area contributed by atoms with E-state index in [2.05, 4.69) is 15.5 Å². The molecule has 0 bridgehead atoms. The third-order valence-corrected chi connectivity index (χ3v) is 2.23. The minimum Gasteiger partial charge on any atom is -0.354 e. The number of nitrogens with zero attached hydrogens (tertiary/aromatic N) is 2. The number of amides is 1. The monoisotopic (exact) mass is 262 g/mol. The molecule has 0 unspecified atom stereocenters. The molecule has 1 atom stereocenters. The number of carbonyl (C=O) groups is 1. The fourth-order valence-corrected chi connectivity index (χ4v) is 1.15. The van der Waals surface area contributed by atoms with Crippen LogP contribution in [-0.2, 0) is 11.2 Å². The molecule has 17 heavy (non-hydrogen) atoms. The Morgan fingerprint density at radius 2 is 2.18 bits per heavy atom. The minimum atomic E-state index is -0.468. The summed E-state index contributed by atoms with van der Waals surface area (Å²) in [4.78, 5) is 15.5. The Hall–Kier alpha value is -1.14. The molecule has 3 N–H and O–H groups in total. The van der Waals surface area contributed by atoms with E-state index in [0.29, 0.717) is 24.7 Å². The zero-order valence-corrected chi connectivity index (χ0v) is 11.1. The van der Waals surface area contributed by atoms with Gasteiger partial charge in [-0.3, -0.25) is 4.79 Å². The van der Waals surface area contributed by atoms with Gasteiger partial charge in [0.05, 0.1) is 6.04 Å². The summed E-state index contributed by atoms with van der Waals surface area (Å²) in [5.74, 6) is 1.10. The van der Waals surface area contributed by atoms with E-state index in [1.807, 2.05) is 13.8 Å². The molecular weight excluding hydrogens is 244 g/mol. The van der Waals surface area contributed by atoms with Crippen molar-refractivity contribution in [3.63, 3.8) is 0 Å². The Morgan fingerprint density at radius 3 is 2.65 bits per heavy atom. The molecule has 0 spiro atoms. The average molecular weight is 263 g/mol. The van der Waals surface area contributed by atoms with Gasteiger partial charge in [-0.1, -0.05) is 19.0 Å². The van der Waals surface area contributed by atoms with Gasteiger partial charge in [0.1, 0.15) is 0 Å². The Kier molecular flexibility index (Phi) is 6.75. The van der Waals surface area contributed by atoms with Crippen LogP contribution in [0.1, 0.15) is 25.6 Å². The minimum absolute atomic E-state index is 0. The van der Waals surface area contributed by atoms with E-state index in [-0.39, 0.29) is 24.2 Å². The van der Waals surface area contributed by atoms with E-state index in [0.717, 1.165) is 0 Å². The fraction of sp³-hybridized carbons (Fsp3) is 0.700. The van der Waals surface area contributed by atoms with E-state index in [9.17, 15) is 4.79 Å². The molecule has 1 aromatic rings. The molecule has 0 saturated heterocycles. The number of rotatable bonds is 5. The number of aromatic nitrogens is 2. The van der Waals surface area contributed by atoms with Crippen LogP contribution in [0.5, 0.6) is 0 Å². The SMILES string of the molecule is Cc1noc(CCNC(=O)[C@@H](N)C(C)C)n1.Cl. The van der Waals surface area contributed by atoms with Crippen LogP contribution in [0.4, 0.5) is 0 Å². The van der Waals surface area contributed by atoms with Crippen LogP contribution in [0.3, 0.4) is 0 Å². The third kappa shape index (κ3) is 5.14. The highest BCUT2D eigenvalue weighted by molar-refractivity contribution is 5.85. The number of hydrogen-bond acceptors (Lipinski definition) is 5. The number of nitrogens with two attached hydrogens (primary N) is 1. The quantitative estimate of drug-likeness (QED) is 0.803. The molecule has 0 saturated carbocycles. The van der Waals surface area contributed by atoms with Crippen LogP contribution in [-0.4, -0.2) is 28.6 Å². The molecule has 7 heteroatoms. The van der Waals surface area contributed by atoms with Crippen molar-refractivity contribution in [1.82, 2.24) is 15.5 Å². The predicted octanol–water partition coefficient (Wildman–Crippen LogP) is 0.442. The van der Waals surface area contributed by atoms with Crippen molar-refractivity contribution in [2.24, 2.45) is 11.7 Å². The van der Waals surface area contributed by atoms with Gasteiger partial charge in [-0.15, -0.1) is 12.4 Å². The van der Waals surface area contributed by atoms with Crippen molar-refractivity contribution in [2.75, 3.05) is 6.54 Å². The van der Waals surface area contributed by atoms with Crippen LogP contribution in [0.25, 0.3) is 0 Å². The summed E-state index contributed by atoms with van der Waals surface area (Å²) in [5, 5.41) is 6.38. The number of carbonyl (C=O) groups excluding carboxylic acids is 1. The van der Waals surface area contributed by atoms with E-state index in [1.165, 1.54) is 0 Å². The maximum atomic E-state index is 11.5. The maximum absolute atomic E-state index is 11.5. The van der Waals surface area contributed by atoms with Crippen molar-refractivity contribution in [3.05, 3.63) is 11.7 Å². The first-order chi connectivity index (χ1) is 7.50. The lowest BCUT2D eigenvalue weighted by Gasteiger charge is -2.14. The first-order valence-corrected chi connectivity index (χ1v) is 5.33. The molecular formula is C10H19ClN4O2. The standard InChI is InChI=1S/C10H18N4O2.ClH/c1-6(2)9(11)10(15)12-5-4-8-13-7(3)14-16-8;/h6,9H,4-5,11H2,1-3H3,(H,12,15);1H/t9-;/m0./s1. The summed E-state index contributed by atoms with van der Waals surface area (Å²) < 4.78 is 4.91. The van der Waals surface area contributed by atoms with Crippen LogP contribution < -0.4 is 11.1 Å². The second-order valence-corrected chi connectivity index (χ2v) is 4.05. The van der Waals surface area contributed by atoms with Crippen LogP contribution in [0, 0.1) is 12.8 Å². The number of halogens is 1. The number of hydrogen-bond donors (Lipinski definition) is 2. The van der Waals surface area contributed by atoms with Crippen molar-refractivity contribution >= 4 is 18.3 Å². The van der Waals surface area contributed by atoms with Crippen molar-refractivity contribution < 1.29 is 9.32 Å². The largest absolute Gasteiger partial charge is 0.354 e. The normalized spacial score (nSPS) is 12.1. The van der Waals surface area contributed by atoms with Gasteiger partial charge in [0, 0.05) is 13.0 Å². The van der Waals surface area contributed by atoms with Gasteiger partial charge in [0.25, 0.3) is 0 Å². The highest BCUT2D eigenvalue weighted by Crippen LogP contribution is 1.99. The smallest absolute Gasteiger partial charge is 0.237 e. The van der Waals surface area contributed by atoms with Gasteiger partial charge >= 0.3 is 0 Å². The average Bonchev–Trinajstić information content (AvgIpc) is 2.62. The molecule has 1 rings (SSSR count). The van der Waals surface area contributed by atoms with Crippen molar-refractivity contribution in [3.8, 4) is 0 Å². The van der Waals surface area contributed by atoms with Crippen molar-refractivity contribution in [2.45, 2.75) is 33.2 Å². The lowest BCUT2D eigenvalue weighted by molar-refractivity contribution is -0.123. The fourth-order valence-electron chi connectivity index (χ4n) is 1.15. The summed E-state index contributed by atoms with van der Waals surface area (Å²) >= 11 is 0. The summed E-state index contributed by atoms with van der Waals surface area (Å²) in [6, 6.07) is -0.468. The van der Waals surface area contributed by atoms with Crippen LogP contribution in [0.2, 0.25) is 0 Å². The van der Waals surface area contributed by atoms with E-state index in [4.69, 9.17) is 10.3 Å². The summed E-state index contributed by atoms with van der Waals surface area (Å²) in [6.07, 6.45) is 0.525. The van der Waals surface area contributed by atoms with E-state index in [1.54, 1.807) is 6.92 Å². The van der Waals surface area contributed by atoms with Crippen molar-refractivity contribution in [1.29, 1.82) is 0 Å². The Morgan fingerprint density at radius 1 is 1.53 bits per heavy atom. The molecule has 0 radical (unpaired) electrons. The van der Waals surface area contributed by atoms with Gasteiger partial charge in [-0.2, -0.15) is 4.98 Å². The van der Waals surface area contributed by atoms with Crippen LogP contribution in [0.15, 0.2) is 4.52 Å². The molecule has 6 nitrogen and oxygen atoms in total. The third-order valence-electron chi connectivity index (χ3n) is 2.23. The molecule has 1 heterocycles. The summed E-state index contributed by atoms with van der Waals surface area (Å²) in [7, 11) is 0. The molecule has 0 aliphatic heterocycles. The molecule has 1 amide bonds. The highest BCUT2D eigenvalue weighted by atomic mass is 35.5. The molecule has 0 fully saturated rings. The van der Waals surface area contributed by atoms with Gasteiger partial charge in [0.2, 0.25) is 11.8 Å². The number of aryl methyl sites for hydroxylation is 1. The van der Waals surface area contributed by atoms with Gasteiger partial charge in [-0.25, -0.2) is 0 Å². The zero-order chi connectivity index (χ0) is 12.1. The van der Waals surface area contributed by atoms with Gasteiger partial charge in [0.15, 0.2) is 5.82 Å². The van der Waals surface area contributed by atoms with Gasteiger partial charge in [-0.05, 0) is 12.8 Å². The first-order valence-electron chi connectivity index (χ1n) is 5.33. The first kappa shape index (κ1) is 15.9. The summed E-state index contributed by atoms with van der Waals surface area (Å²) in [5.41, 5.74) is 5.68. The van der Waals surface area contributed by atoms with E-state index >= 15 is 0 Å². The summed E-state index contributed by atoms with van der Waals surface area (Å²) in [6.45, 7) is 6.03. The second kappa shape index (κ2) is 7.24. The van der Waals surface area contributed by atoms with Gasteiger partial charge < -0.3 is 15.6 Å². The Balaban J connectivity index is 0.00000256. The Bertz CT molecular complexity index is 354. The molecule has 1 aromatic heterocycles.